The summed E-state index contributed by atoms with van der Waals surface area (Å²) in [7, 11) is -11.1. The van der Waals surface area contributed by atoms with Gasteiger partial charge in [-0.25, -0.2) is 9.13 Å². The van der Waals surface area contributed by atoms with Crippen LogP contribution in [0.3, 0.4) is 0 Å². The second-order valence-corrected chi connectivity index (χ2v) is 27.7. The van der Waals surface area contributed by atoms with Gasteiger partial charge in [0.05, 0.1) is 25.4 Å². The molecule has 17 N–H and O–H groups in total. The Morgan fingerprint density at radius 2 is 0.727 bits per heavy atom. The first kappa shape index (κ1) is 81.3. The van der Waals surface area contributed by atoms with Gasteiger partial charge in [0.15, 0.2) is 6.29 Å². The summed E-state index contributed by atoms with van der Waals surface area (Å²) in [6.07, 6.45) is -3.15. The van der Waals surface area contributed by atoms with Crippen LogP contribution in [0.4, 0.5) is 0 Å². The number of aliphatic hydroxyl groups excluding tert-OH is 14. The Morgan fingerprint density at radius 1 is 0.409 bits per heavy atom. The summed E-state index contributed by atoms with van der Waals surface area (Å²) in [5.74, 6) is -0.875. The molecular formula is C60H117NO25P2. The summed E-state index contributed by atoms with van der Waals surface area (Å²) in [5, 5.41) is 151. The van der Waals surface area contributed by atoms with Crippen molar-refractivity contribution < 1.29 is 123 Å². The number of rotatable bonds is 50. The smallest absolute Gasteiger partial charge is 0.391 e. The third-order valence-corrected chi connectivity index (χ3v) is 19.4. The highest BCUT2D eigenvalue weighted by Gasteiger charge is 2.56. The lowest BCUT2D eigenvalue weighted by atomic mass is 9.84. The topological polar surface area (TPSA) is 442 Å². The molecule has 3 aliphatic rings. The van der Waals surface area contributed by atoms with E-state index in [2.05, 4.69) is 19.2 Å². The molecule has 3 fully saturated rings. The van der Waals surface area contributed by atoms with Crippen LogP contribution in [0.15, 0.2) is 0 Å². The lowest BCUT2D eigenvalue weighted by Gasteiger charge is -2.47. The molecule has 0 aromatic rings. The van der Waals surface area contributed by atoms with Crippen LogP contribution >= 0.6 is 15.6 Å². The molecular weight excluding hydrogens is 1200 g/mol. The van der Waals surface area contributed by atoms with E-state index < -0.39 is 157 Å². The Kier molecular flexibility index (Phi) is 41.3. The van der Waals surface area contributed by atoms with Crippen molar-refractivity contribution in [2.75, 3.05) is 13.2 Å². The minimum atomic E-state index is -5.58. The van der Waals surface area contributed by atoms with Crippen LogP contribution in [0, 0.1) is 0 Å². The summed E-state index contributed by atoms with van der Waals surface area (Å²) in [6, 6.07) is -1.42. The molecule has 3 rings (SSSR count). The Labute approximate surface area is 521 Å². The minimum absolute atomic E-state index is 0.104. The molecule has 22 atom stereocenters. The van der Waals surface area contributed by atoms with Crippen molar-refractivity contribution >= 4 is 21.6 Å². The Hall–Kier alpha value is -0.950. The van der Waals surface area contributed by atoms with E-state index in [1.807, 2.05) is 0 Å². The summed E-state index contributed by atoms with van der Waals surface area (Å²) >= 11 is 0. The molecule has 28 heteroatoms. The van der Waals surface area contributed by atoms with Gasteiger partial charge in [0.25, 0.3) is 0 Å². The second-order valence-electron chi connectivity index (χ2n) is 24.9. The van der Waals surface area contributed by atoms with Gasteiger partial charge in [-0.15, -0.1) is 0 Å². The maximum atomic E-state index is 13.8. The summed E-state index contributed by atoms with van der Waals surface area (Å²) in [6.45, 7) is 2.27. The SMILES string of the molecule is CCCCCCCCCCCCCCCCCCCCC(O)C(=O)N[C@@H](COP(=O)(O)O[C@H]1C(O)C(O)C(O)[C@@H](O)C1O[C@H]1O[C@H](COP(=O)(O)OC2C(O)C(O)C(O)[C@@H](O)C2O)[C@@H](O)C(O)C1O)[C@H](O)CCCCCCCCCCCCCCCCC. The van der Waals surface area contributed by atoms with Gasteiger partial charge in [-0.05, 0) is 12.8 Å². The highest BCUT2D eigenvalue weighted by atomic mass is 31.2. The van der Waals surface area contributed by atoms with Gasteiger partial charge in [-0.3, -0.25) is 22.9 Å². The van der Waals surface area contributed by atoms with Crippen molar-refractivity contribution in [1.82, 2.24) is 5.32 Å². The molecule has 1 aliphatic heterocycles. The van der Waals surface area contributed by atoms with Crippen molar-refractivity contribution in [1.29, 1.82) is 0 Å². The highest BCUT2D eigenvalue weighted by Crippen LogP contribution is 2.49. The maximum Gasteiger partial charge on any atom is 0.472 e. The average Bonchev–Trinajstić information content (AvgIpc) is 1.19. The van der Waals surface area contributed by atoms with Crippen molar-refractivity contribution in [2.45, 2.75) is 361 Å². The fraction of sp³-hybridized carbons (Fsp3) is 0.983. The fourth-order valence-electron chi connectivity index (χ4n) is 11.6. The zero-order valence-corrected chi connectivity index (χ0v) is 54.2. The standard InChI is InChI=1S/C60H117NO25P2/c1-3-5-7-9-11-13-15-17-19-20-21-23-25-27-29-31-33-35-37-42(63)59(76)61-40(41(62)36-34-32-30-28-26-24-22-18-16-14-12-10-8-6-4-2)38-81-87(77,78)86-58-54(74)50(70)49(69)53(73)57(58)84-60-55(75)45(65)44(64)43(83-60)39-82-88(79,80)85-56-51(71)47(67)46(66)48(68)52(56)72/h40-58,60,62-75H,3-39H2,1-2H3,(H,61,76)(H,77,78)(H,79,80)/t40-,41+,42?,43+,44+,45?,46?,47+,48?,49?,50?,51?,52?,53+,54?,55?,56?,57?,58-,60+/m0/s1. The zero-order valence-electron chi connectivity index (χ0n) is 52.4. The summed E-state index contributed by atoms with van der Waals surface area (Å²) < 4.78 is 57.9. The number of amides is 1. The third-order valence-electron chi connectivity index (χ3n) is 17.4. The van der Waals surface area contributed by atoms with Gasteiger partial charge >= 0.3 is 15.6 Å². The predicted octanol–water partition coefficient (Wildman–Crippen LogP) is 4.36. The molecule has 522 valence electrons. The largest absolute Gasteiger partial charge is 0.472 e. The molecule has 2 aliphatic carbocycles. The molecule has 0 radical (unpaired) electrons. The molecule has 26 nitrogen and oxygen atoms in total. The quantitative estimate of drug-likeness (QED) is 0.0297. The van der Waals surface area contributed by atoms with Crippen LogP contribution in [-0.2, 0) is 41.5 Å². The normalized spacial score (nSPS) is 31.9. The van der Waals surface area contributed by atoms with Gasteiger partial charge in [0.1, 0.15) is 104 Å². The van der Waals surface area contributed by atoms with Crippen LogP contribution in [0.5, 0.6) is 0 Å². The zero-order chi connectivity index (χ0) is 65.2. The highest BCUT2D eigenvalue weighted by molar-refractivity contribution is 7.47. The Bertz CT molecular complexity index is 1890. The van der Waals surface area contributed by atoms with Gasteiger partial charge in [0, 0.05) is 0 Å². The summed E-state index contributed by atoms with van der Waals surface area (Å²) in [4.78, 5) is 35.0. The van der Waals surface area contributed by atoms with Gasteiger partial charge in [-0.2, -0.15) is 0 Å². The monoisotopic (exact) mass is 1310 g/mol. The third kappa shape index (κ3) is 29.8. The fourth-order valence-corrected chi connectivity index (χ4v) is 13.6. The lowest BCUT2D eigenvalue weighted by Crippen LogP contribution is -2.67. The first-order valence-electron chi connectivity index (χ1n) is 33.3. The number of hydrogen-bond donors (Lipinski definition) is 17. The van der Waals surface area contributed by atoms with E-state index in [-0.39, 0.29) is 12.8 Å². The average molecular weight is 1310 g/mol. The van der Waals surface area contributed by atoms with Crippen molar-refractivity contribution in [2.24, 2.45) is 0 Å². The minimum Gasteiger partial charge on any atom is -0.391 e. The first-order chi connectivity index (χ1) is 41.9. The van der Waals surface area contributed by atoms with E-state index in [9.17, 15) is 95.2 Å². The number of phosphoric acid groups is 2. The van der Waals surface area contributed by atoms with E-state index in [4.69, 9.17) is 27.6 Å². The Balaban J connectivity index is 1.61. The molecule has 1 heterocycles. The molecule has 2 saturated carbocycles. The molecule has 88 heavy (non-hydrogen) atoms. The predicted molar refractivity (Wildman–Crippen MR) is 324 cm³/mol. The maximum absolute atomic E-state index is 13.8. The van der Waals surface area contributed by atoms with E-state index in [0.717, 1.165) is 64.2 Å². The number of carbonyl (C=O) groups is 1. The van der Waals surface area contributed by atoms with Crippen molar-refractivity contribution in [3.63, 3.8) is 0 Å². The van der Waals surface area contributed by atoms with Crippen LogP contribution in [0.1, 0.15) is 239 Å². The first-order valence-corrected chi connectivity index (χ1v) is 36.3. The summed E-state index contributed by atoms with van der Waals surface area (Å²) in [5.41, 5.74) is 0. The van der Waals surface area contributed by atoms with Crippen molar-refractivity contribution in [3.8, 4) is 0 Å². The molecule has 1 amide bonds. The number of unbranched alkanes of at least 4 members (excludes halogenated alkanes) is 31. The molecule has 0 bridgehead atoms. The van der Waals surface area contributed by atoms with Gasteiger partial charge in [0.2, 0.25) is 5.91 Å². The number of hydrogen-bond acceptors (Lipinski definition) is 23. The van der Waals surface area contributed by atoms with E-state index in [0.29, 0.717) is 12.8 Å². The number of phosphoric ester groups is 2. The van der Waals surface area contributed by atoms with Crippen molar-refractivity contribution in [3.05, 3.63) is 0 Å². The Morgan fingerprint density at radius 3 is 1.14 bits per heavy atom. The van der Waals surface area contributed by atoms with Gasteiger partial charge in [-0.1, -0.05) is 226 Å². The molecule has 0 aromatic carbocycles. The van der Waals surface area contributed by atoms with Crippen LogP contribution in [0.25, 0.3) is 0 Å². The van der Waals surface area contributed by atoms with Crippen LogP contribution in [-0.4, -0.2) is 223 Å². The van der Waals surface area contributed by atoms with Crippen LogP contribution < -0.4 is 5.32 Å². The van der Waals surface area contributed by atoms with Crippen LogP contribution in [0.2, 0.25) is 0 Å². The second kappa shape index (κ2) is 44.7. The molecule has 14 unspecified atom stereocenters. The molecule has 1 saturated heterocycles. The van der Waals surface area contributed by atoms with E-state index >= 15 is 0 Å². The number of aliphatic hydroxyl groups is 14. The van der Waals surface area contributed by atoms with E-state index in [1.165, 1.54) is 135 Å². The molecule has 0 spiro atoms. The lowest BCUT2D eigenvalue weighted by molar-refractivity contribution is -0.337. The van der Waals surface area contributed by atoms with Gasteiger partial charge < -0.3 is 96.1 Å². The van der Waals surface area contributed by atoms with E-state index in [1.54, 1.807) is 0 Å². The molecule has 0 aromatic heterocycles. The number of ether oxygens (including phenoxy) is 2. The number of carbonyl (C=O) groups excluding carboxylic acids is 1. The number of nitrogens with one attached hydrogen (secondary N) is 1.